The molecule has 0 unspecified atom stereocenters. The van der Waals surface area contributed by atoms with E-state index in [9.17, 15) is 4.79 Å². The fourth-order valence-electron chi connectivity index (χ4n) is 4.35. The first-order valence-electron chi connectivity index (χ1n) is 10.9. The van der Waals surface area contributed by atoms with Gasteiger partial charge in [0.05, 0.1) is 40.7 Å². The van der Waals surface area contributed by atoms with E-state index in [0.717, 1.165) is 41.7 Å². The summed E-state index contributed by atoms with van der Waals surface area (Å²) in [6.45, 7) is 6.44. The second kappa shape index (κ2) is 7.78. The van der Waals surface area contributed by atoms with Gasteiger partial charge >= 0.3 is 6.03 Å². The van der Waals surface area contributed by atoms with Gasteiger partial charge in [-0.2, -0.15) is 5.10 Å². The minimum atomic E-state index is -0.242. The number of aromatic nitrogens is 5. The van der Waals surface area contributed by atoms with E-state index in [-0.39, 0.29) is 17.6 Å². The fraction of sp³-hybridized carbons (Fsp3) is 0.333. The molecule has 8 heteroatoms. The molecule has 8 nitrogen and oxygen atoms in total. The molecule has 4 aromatic rings. The van der Waals surface area contributed by atoms with Crippen molar-refractivity contribution in [2.75, 3.05) is 5.32 Å². The molecule has 1 aliphatic carbocycles. The quantitative estimate of drug-likeness (QED) is 0.499. The molecule has 2 N–H and O–H groups in total. The van der Waals surface area contributed by atoms with Gasteiger partial charge in [0.1, 0.15) is 12.1 Å². The zero-order valence-corrected chi connectivity index (χ0v) is 18.5. The highest BCUT2D eigenvalue weighted by atomic mass is 16.2. The van der Waals surface area contributed by atoms with Crippen LogP contribution in [0.15, 0.2) is 55.1 Å². The predicted octanol–water partition coefficient (Wildman–Crippen LogP) is 4.57. The number of imidazole rings is 1. The van der Waals surface area contributed by atoms with Crippen LogP contribution in [0, 0.1) is 0 Å². The molecule has 0 spiro atoms. The van der Waals surface area contributed by atoms with Crippen LogP contribution in [0.5, 0.6) is 0 Å². The van der Waals surface area contributed by atoms with Crippen LogP contribution < -0.4 is 10.6 Å². The summed E-state index contributed by atoms with van der Waals surface area (Å²) in [6, 6.07) is 11.3. The molecule has 0 radical (unpaired) electrons. The van der Waals surface area contributed by atoms with Gasteiger partial charge in [-0.3, -0.25) is 9.25 Å². The largest absolute Gasteiger partial charge is 0.331 e. The third-order valence-corrected chi connectivity index (χ3v) is 5.83. The van der Waals surface area contributed by atoms with Crippen molar-refractivity contribution in [2.24, 2.45) is 0 Å². The second-order valence-electron chi connectivity index (χ2n) is 9.18. The van der Waals surface area contributed by atoms with Crippen molar-refractivity contribution in [3.05, 3.63) is 66.4 Å². The first kappa shape index (κ1) is 20.2. The van der Waals surface area contributed by atoms with Gasteiger partial charge in [0.15, 0.2) is 0 Å². The molecule has 0 fully saturated rings. The van der Waals surface area contributed by atoms with Gasteiger partial charge in [-0.05, 0) is 64.3 Å². The normalized spacial score (nSPS) is 16.0. The van der Waals surface area contributed by atoms with Crippen LogP contribution in [0.4, 0.5) is 10.5 Å². The van der Waals surface area contributed by atoms with Gasteiger partial charge in [0.2, 0.25) is 0 Å². The zero-order chi connectivity index (χ0) is 22.3. The molecule has 5 rings (SSSR count). The minimum absolute atomic E-state index is 0.0422. The van der Waals surface area contributed by atoms with Crippen LogP contribution in [0.3, 0.4) is 0 Å². The molecule has 0 aliphatic heterocycles. The molecule has 1 atom stereocenters. The molecule has 164 valence electrons. The van der Waals surface area contributed by atoms with Crippen molar-refractivity contribution in [2.45, 2.75) is 51.6 Å². The number of nitrogens with one attached hydrogen (secondary N) is 2. The number of pyridine rings is 1. The van der Waals surface area contributed by atoms with E-state index in [2.05, 4.69) is 51.2 Å². The number of nitrogens with zero attached hydrogens (tertiary/aromatic N) is 5. The van der Waals surface area contributed by atoms with E-state index in [1.807, 2.05) is 47.2 Å². The maximum atomic E-state index is 12.7. The number of para-hydroxylation sites is 2. The Labute approximate surface area is 186 Å². The van der Waals surface area contributed by atoms with E-state index in [1.54, 1.807) is 12.5 Å². The lowest BCUT2D eigenvalue weighted by Crippen LogP contribution is -2.35. The van der Waals surface area contributed by atoms with E-state index in [4.69, 9.17) is 0 Å². The Kier molecular flexibility index (Phi) is 4.92. The Bertz CT molecular complexity index is 1260. The van der Waals surface area contributed by atoms with Gasteiger partial charge in [0, 0.05) is 11.3 Å². The maximum absolute atomic E-state index is 12.7. The third-order valence-electron chi connectivity index (χ3n) is 5.83. The predicted molar refractivity (Wildman–Crippen MR) is 124 cm³/mol. The van der Waals surface area contributed by atoms with E-state index >= 15 is 0 Å². The summed E-state index contributed by atoms with van der Waals surface area (Å²) in [5.41, 5.74) is 4.79. The molecular weight excluding hydrogens is 402 g/mol. The summed E-state index contributed by atoms with van der Waals surface area (Å²) in [5, 5.41) is 10.6. The number of hydrogen-bond acceptors (Lipinski definition) is 4. The van der Waals surface area contributed by atoms with Crippen LogP contribution >= 0.6 is 0 Å². The standard InChI is InChI=1S/C24H27N7O/c1-24(2,3)31-20-10-6-8-18(17(20)14-27-31)29-23(32)28-16-11-12-22(25-13-16)30-15-26-19-7-4-5-9-21(19)30/h4-5,7,9,11-15,18H,6,8,10H2,1-3H3,(H2,28,29,32)/t18-/m1/s1. The fourth-order valence-corrected chi connectivity index (χ4v) is 4.35. The van der Waals surface area contributed by atoms with Crippen LogP contribution in [0.1, 0.15) is 50.9 Å². The zero-order valence-electron chi connectivity index (χ0n) is 18.5. The first-order chi connectivity index (χ1) is 15.4. The number of carbonyl (C=O) groups is 1. The van der Waals surface area contributed by atoms with E-state index in [1.165, 1.54) is 5.69 Å². The van der Waals surface area contributed by atoms with Gasteiger partial charge in [0.25, 0.3) is 0 Å². The third kappa shape index (κ3) is 3.72. The number of fused-ring (bicyclic) bond motifs is 2. The Hall–Kier alpha value is -3.68. The van der Waals surface area contributed by atoms with Gasteiger partial charge in [-0.25, -0.2) is 14.8 Å². The van der Waals surface area contributed by atoms with E-state index in [0.29, 0.717) is 5.69 Å². The lowest BCUT2D eigenvalue weighted by Gasteiger charge is -2.28. The van der Waals surface area contributed by atoms with Crippen molar-refractivity contribution in [1.82, 2.24) is 29.6 Å². The smallest absolute Gasteiger partial charge is 0.319 e. The Balaban J connectivity index is 1.28. The van der Waals surface area contributed by atoms with Gasteiger partial charge < -0.3 is 10.6 Å². The van der Waals surface area contributed by atoms with Crippen molar-refractivity contribution < 1.29 is 4.79 Å². The van der Waals surface area contributed by atoms with Crippen molar-refractivity contribution in [3.8, 4) is 5.82 Å². The molecule has 0 saturated heterocycles. The average Bonchev–Trinajstić information content (AvgIpc) is 3.39. The first-order valence-corrected chi connectivity index (χ1v) is 10.9. The number of urea groups is 1. The summed E-state index contributed by atoms with van der Waals surface area (Å²) < 4.78 is 4.01. The number of anilines is 1. The number of carbonyl (C=O) groups excluding carboxylic acids is 1. The number of rotatable bonds is 3. The van der Waals surface area contributed by atoms with Crippen molar-refractivity contribution >= 4 is 22.8 Å². The molecular formula is C24H27N7O. The number of benzene rings is 1. The number of amides is 2. The molecule has 0 bridgehead atoms. The molecule has 1 aromatic carbocycles. The average molecular weight is 430 g/mol. The summed E-state index contributed by atoms with van der Waals surface area (Å²) in [7, 11) is 0. The monoisotopic (exact) mass is 429 g/mol. The minimum Gasteiger partial charge on any atom is -0.331 e. The lowest BCUT2D eigenvalue weighted by atomic mass is 9.92. The van der Waals surface area contributed by atoms with Crippen molar-refractivity contribution in [1.29, 1.82) is 0 Å². The second-order valence-corrected chi connectivity index (χ2v) is 9.18. The highest BCUT2D eigenvalue weighted by molar-refractivity contribution is 5.89. The summed E-state index contributed by atoms with van der Waals surface area (Å²) in [4.78, 5) is 21.6. The molecule has 1 aliphatic rings. The van der Waals surface area contributed by atoms with E-state index < -0.39 is 0 Å². The molecule has 3 heterocycles. The van der Waals surface area contributed by atoms with Gasteiger partial charge in [-0.1, -0.05) is 12.1 Å². The lowest BCUT2D eigenvalue weighted by molar-refractivity contribution is 0.247. The summed E-state index contributed by atoms with van der Waals surface area (Å²) in [6.07, 6.45) is 8.23. The maximum Gasteiger partial charge on any atom is 0.319 e. The summed E-state index contributed by atoms with van der Waals surface area (Å²) >= 11 is 0. The highest BCUT2D eigenvalue weighted by Gasteiger charge is 2.29. The van der Waals surface area contributed by atoms with Crippen LogP contribution in [0.2, 0.25) is 0 Å². The molecule has 0 saturated carbocycles. The highest BCUT2D eigenvalue weighted by Crippen LogP contribution is 2.32. The van der Waals surface area contributed by atoms with Crippen LogP contribution in [-0.2, 0) is 12.0 Å². The SMILES string of the molecule is CC(C)(C)n1ncc2c1CCC[C@H]2NC(=O)Nc1ccc(-n2cnc3ccccc32)nc1. The van der Waals surface area contributed by atoms with Crippen LogP contribution in [-0.4, -0.2) is 30.3 Å². The Morgan fingerprint density at radius 2 is 1.94 bits per heavy atom. The summed E-state index contributed by atoms with van der Waals surface area (Å²) in [5.74, 6) is 0.746. The Morgan fingerprint density at radius 1 is 1.09 bits per heavy atom. The van der Waals surface area contributed by atoms with Crippen molar-refractivity contribution in [3.63, 3.8) is 0 Å². The topological polar surface area (TPSA) is 89.7 Å². The Morgan fingerprint density at radius 3 is 2.72 bits per heavy atom. The van der Waals surface area contributed by atoms with Crippen LogP contribution in [0.25, 0.3) is 16.9 Å². The molecule has 2 amide bonds. The molecule has 32 heavy (non-hydrogen) atoms. The number of hydrogen-bond donors (Lipinski definition) is 2. The van der Waals surface area contributed by atoms with Gasteiger partial charge in [-0.15, -0.1) is 0 Å². The molecule has 3 aromatic heterocycles.